The van der Waals surface area contributed by atoms with Gasteiger partial charge in [0.05, 0.1) is 0 Å². The van der Waals surface area contributed by atoms with Crippen molar-refractivity contribution in [3.05, 3.63) is 31.9 Å². The second-order valence-electron chi connectivity index (χ2n) is 1.62. The van der Waals surface area contributed by atoms with E-state index in [1.165, 1.54) is 18.7 Å². The molecule has 0 bridgehead atoms. The summed E-state index contributed by atoms with van der Waals surface area (Å²) >= 11 is 0. The van der Waals surface area contributed by atoms with Crippen molar-refractivity contribution in [2.45, 2.75) is 6.04 Å². The maximum Gasteiger partial charge on any atom is 0.324 e. The van der Waals surface area contributed by atoms with Crippen LogP contribution >= 0.6 is 0 Å². The fraction of sp³-hybridized carbons (Fsp3) is 0.143. The molecule has 0 saturated carbocycles. The molecule has 3 nitrogen and oxygen atoms in total. The normalized spacial score (nSPS) is 12.0. The van der Waals surface area contributed by atoms with E-state index < -0.39 is 12.0 Å². The summed E-state index contributed by atoms with van der Waals surface area (Å²) in [4.78, 5) is 10.2. The first kappa shape index (κ1) is 8.91. The third-order valence-corrected chi connectivity index (χ3v) is 0.895. The first-order valence-corrected chi connectivity index (χ1v) is 2.78. The van der Waals surface area contributed by atoms with Gasteiger partial charge in [-0.3, -0.25) is 10.1 Å². The molecule has 10 heavy (non-hydrogen) atoms. The smallest absolute Gasteiger partial charge is 0.324 e. The van der Waals surface area contributed by atoms with E-state index >= 15 is 0 Å². The topological polar surface area (TPSA) is 49.3 Å². The highest BCUT2D eigenvalue weighted by molar-refractivity contribution is 5.75. The Hall–Kier alpha value is -1.09. The lowest BCUT2D eigenvalue weighted by Crippen LogP contribution is -2.32. The first-order valence-electron chi connectivity index (χ1n) is 2.78. The molecule has 3 heteroatoms. The molecule has 0 aliphatic rings. The van der Waals surface area contributed by atoms with E-state index in [1.807, 2.05) is 0 Å². The molecule has 0 aliphatic heterocycles. The van der Waals surface area contributed by atoms with Crippen LogP contribution in [0, 0.1) is 6.54 Å². The molecule has 2 N–H and O–H groups in total. The van der Waals surface area contributed by atoms with Crippen LogP contribution in [-0.2, 0) is 4.79 Å². The van der Waals surface area contributed by atoms with Crippen LogP contribution in [0.2, 0.25) is 0 Å². The quantitative estimate of drug-likeness (QED) is 0.554. The fourth-order valence-electron chi connectivity index (χ4n) is 0.412. The Kier molecular flexibility index (Phi) is 4.24. The average Bonchev–Trinajstić information content (AvgIpc) is 1.89. The lowest BCUT2D eigenvalue weighted by Gasteiger charge is -2.05. The zero-order valence-electron chi connectivity index (χ0n) is 5.58. The average molecular weight is 144 g/mol. The lowest BCUT2D eigenvalue weighted by atomic mass is 10.7. The molecule has 0 spiro atoms. The molecular weight excluding hydrogens is 134 g/mol. The predicted octanol–water partition coefficient (Wildman–Crippen LogP) is 0.563. The minimum absolute atomic E-state index is 0.724. The van der Waals surface area contributed by atoms with Crippen LogP contribution < -0.4 is 5.32 Å². The maximum atomic E-state index is 10.2. The Morgan fingerprint density at radius 2 is 2.20 bits per heavy atom. The van der Waals surface area contributed by atoms with Crippen molar-refractivity contribution in [2.24, 2.45) is 0 Å². The summed E-state index contributed by atoms with van der Waals surface area (Å²) in [5.74, 6) is -0.951. The second kappa shape index (κ2) is 4.76. The van der Waals surface area contributed by atoms with E-state index in [4.69, 9.17) is 5.11 Å². The van der Waals surface area contributed by atoms with Gasteiger partial charge in [-0.25, -0.2) is 0 Å². The van der Waals surface area contributed by atoms with Crippen LogP contribution in [0.4, 0.5) is 0 Å². The van der Waals surface area contributed by atoms with Crippen LogP contribution in [0.15, 0.2) is 25.3 Å². The Morgan fingerprint density at radius 1 is 1.60 bits per heavy atom. The molecule has 0 rings (SSSR count). The Labute approximate surface area is 60.1 Å². The Bertz CT molecular complexity index is 143. The minimum Gasteiger partial charge on any atom is -0.480 e. The van der Waals surface area contributed by atoms with Gasteiger partial charge >= 0.3 is 5.97 Å². The number of rotatable bonds is 5. The summed E-state index contributed by atoms with van der Waals surface area (Å²) in [7, 11) is 0. The van der Waals surface area contributed by atoms with Crippen LogP contribution in [0.25, 0.3) is 0 Å². The third-order valence-electron chi connectivity index (χ3n) is 0.895. The second-order valence-corrected chi connectivity index (χ2v) is 1.62. The van der Waals surface area contributed by atoms with E-state index in [0.717, 1.165) is 0 Å². The Balaban J connectivity index is 3.71. The number of nitrogens with one attached hydrogen (secondary N) is 1. The zero-order chi connectivity index (χ0) is 7.98. The summed E-state index contributed by atoms with van der Waals surface area (Å²) in [6.07, 6.45) is 2.78. The van der Waals surface area contributed by atoms with E-state index in [9.17, 15) is 4.79 Å². The van der Waals surface area contributed by atoms with Gasteiger partial charge in [0.25, 0.3) is 0 Å². The van der Waals surface area contributed by atoms with Crippen LogP contribution in [0.3, 0.4) is 0 Å². The van der Waals surface area contributed by atoms with Crippen molar-refractivity contribution < 1.29 is 9.90 Å². The molecule has 0 aromatic carbocycles. The van der Waals surface area contributed by atoms with Gasteiger partial charge in [0.2, 0.25) is 0 Å². The number of hydrogen-bond acceptors (Lipinski definition) is 2. The molecule has 1 unspecified atom stereocenters. The largest absolute Gasteiger partial charge is 0.480 e. The monoisotopic (exact) mass is 144 g/mol. The number of carbonyl (C=O) groups is 1. The molecule has 0 heterocycles. The Morgan fingerprint density at radius 3 is 2.50 bits per heavy atom. The van der Waals surface area contributed by atoms with Crippen molar-refractivity contribution in [3.8, 4) is 0 Å². The first-order chi connectivity index (χ1) is 4.72. The summed E-state index contributed by atoms with van der Waals surface area (Å²) in [5, 5.41) is 11.0. The third kappa shape index (κ3) is 3.04. The molecule has 0 aromatic rings. The highest BCUT2D eigenvalue weighted by Crippen LogP contribution is 1.85. The summed E-state index contributed by atoms with van der Waals surface area (Å²) in [6.45, 7) is 8.18. The number of carboxylic acids is 1. The summed E-state index contributed by atoms with van der Waals surface area (Å²) in [5.41, 5.74) is 0. The highest BCUT2D eigenvalue weighted by Gasteiger charge is 2.09. The SMILES string of the molecule is C=C[CH]N[14CH](C=C)[14C](=O)O. The van der Waals surface area contributed by atoms with Gasteiger partial charge in [0.15, 0.2) is 0 Å². The van der Waals surface area contributed by atoms with Crippen LogP contribution in [0.5, 0.6) is 0 Å². The van der Waals surface area contributed by atoms with E-state index in [2.05, 4.69) is 18.5 Å². The molecule has 0 amide bonds. The molecule has 0 aromatic heterocycles. The molecule has 1 radical (unpaired) electrons. The standard InChI is InChI=1S/C7H10NO2/c1-3-5-8-6(4-2)7(9)10/h3-6,8H,1-2H2,(H,9,10)/i6+2,7+2. The van der Waals surface area contributed by atoms with Gasteiger partial charge in [0, 0.05) is 6.54 Å². The van der Waals surface area contributed by atoms with E-state index in [1.54, 1.807) is 0 Å². The molecule has 1 atom stereocenters. The van der Waals surface area contributed by atoms with Gasteiger partial charge in [-0.05, 0) is 0 Å². The van der Waals surface area contributed by atoms with Gasteiger partial charge in [-0.1, -0.05) is 12.2 Å². The van der Waals surface area contributed by atoms with Crippen molar-refractivity contribution in [3.63, 3.8) is 0 Å². The molecule has 0 fully saturated rings. The van der Waals surface area contributed by atoms with E-state index in [-0.39, 0.29) is 0 Å². The predicted molar refractivity (Wildman–Crippen MR) is 39.3 cm³/mol. The van der Waals surface area contributed by atoms with Crippen LogP contribution in [0.1, 0.15) is 0 Å². The molecule has 55 valence electrons. The summed E-state index contributed by atoms with van der Waals surface area (Å²) < 4.78 is 0. The molecule has 0 aliphatic carbocycles. The van der Waals surface area contributed by atoms with Gasteiger partial charge in [-0.2, -0.15) is 0 Å². The van der Waals surface area contributed by atoms with Gasteiger partial charge < -0.3 is 5.11 Å². The fourth-order valence-corrected chi connectivity index (χ4v) is 0.412. The summed E-state index contributed by atoms with van der Waals surface area (Å²) in [6, 6.07) is -0.724. The van der Waals surface area contributed by atoms with Crippen molar-refractivity contribution in [1.29, 1.82) is 0 Å². The zero-order valence-corrected chi connectivity index (χ0v) is 5.58. The number of aliphatic carboxylic acids is 1. The van der Waals surface area contributed by atoms with Crippen LogP contribution in [-0.4, -0.2) is 17.1 Å². The van der Waals surface area contributed by atoms with E-state index in [0.29, 0.717) is 0 Å². The highest BCUT2D eigenvalue weighted by atomic mass is 16.7. The minimum atomic E-state index is -0.951. The maximum absolute atomic E-state index is 10.2. The number of carboxylic acid groups (broad SMARTS) is 1. The lowest BCUT2D eigenvalue weighted by molar-refractivity contribution is -0.137. The van der Waals surface area contributed by atoms with Gasteiger partial charge in [-0.15, -0.1) is 13.2 Å². The van der Waals surface area contributed by atoms with Gasteiger partial charge in [0.1, 0.15) is 6.04 Å². The molecule has 0 saturated heterocycles. The molecular formula is C7H10NO2. The number of hydrogen-bond donors (Lipinski definition) is 2. The van der Waals surface area contributed by atoms with Crippen molar-refractivity contribution in [2.75, 3.05) is 0 Å². The van der Waals surface area contributed by atoms with Crippen molar-refractivity contribution >= 4 is 5.97 Å². The van der Waals surface area contributed by atoms with Crippen molar-refractivity contribution in [1.82, 2.24) is 5.32 Å².